The first-order valence-electron chi connectivity index (χ1n) is 9.97. The molecule has 0 N–H and O–H groups in total. The van der Waals surface area contributed by atoms with Gasteiger partial charge in [0.2, 0.25) is 0 Å². The predicted molar refractivity (Wildman–Crippen MR) is 116 cm³/mol. The lowest BCUT2D eigenvalue weighted by atomic mass is 9.83. The van der Waals surface area contributed by atoms with Gasteiger partial charge in [0, 0.05) is 5.56 Å². The Morgan fingerprint density at radius 2 is 1.44 bits per heavy atom. The monoisotopic (exact) mass is 434 g/mol. The number of aryl methyl sites for hydroxylation is 1. The minimum absolute atomic E-state index is 0.0725. The number of ether oxygens (including phenoxy) is 1. The van der Waals surface area contributed by atoms with Crippen LogP contribution in [0.5, 0.6) is 0 Å². The molecule has 0 saturated heterocycles. The van der Waals surface area contributed by atoms with Gasteiger partial charge in [0.15, 0.2) is 11.5 Å². The molecule has 0 fully saturated rings. The average molecular weight is 434 g/mol. The number of hydrazone groups is 1. The summed E-state index contributed by atoms with van der Waals surface area (Å²) in [4.78, 5) is 26.2. The second kappa shape index (κ2) is 8.70. The maximum Gasteiger partial charge on any atom is 0.355 e. The molecule has 4 rings (SSSR count). The zero-order valence-corrected chi connectivity index (χ0v) is 17.5. The number of rotatable bonds is 5. The second-order valence-electron chi connectivity index (χ2n) is 7.50. The van der Waals surface area contributed by atoms with E-state index in [2.05, 4.69) is 5.10 Å². The Hall–Kier alpha value is -3.87. The van der Waals surface area contributed by atoms with E-state index in [1.54, 1.807) is 0 Å². The van der Waals surface area contributed by atoms with Crippen LogP contribution in [-0.2, 0) is 9.53 Å². The summed E-state index contributed by atoms with van der Waals surface area (Å²) in [5.74, 6) is -3.05. The van der Waals surface area contributed by atoms with E-state index in [1.165, 1.54) is 60.6 Å². The summed E-state index contributed by atoms with van der Waals surface area (Å²) in [5, 5.41) is 5.97. The van der Waals surface area contributed by atoms with Crippen LogP contribution in [0.4, 0.5) is 14.5 Å². The number of Topliss-reactive ketones (excluding diaryl/α,β-unsaturated/α-hetero) is 1. The van der Waals surface area contributed by atoms with Crippen molar-refractivity contribution in [3.8, 4) is 0 Å². The van der Waals surface area contributed by atoms with Crippen LogP contribution in [-0.4, -0.2) is 24.6 Å². The molecule has 1 aliphatic rings. The summed E-state index contributed by atoms with van der Waals surface area (Å²) in [6.45, 7) is 1.94. The first-order chi connectivity index (χ1) is 15.4. The molecule has 0 amide bonds. The molecule has 1 aliphatic heterocycles. The number of anilines is 1. The van der Waals surface area contributed by atoms with Crippen molar-refractivity contribution in [1.82, 2.24) is 0 Å². The summed E-state index contributed by atoms with van der Waals surface area (Å²) in [7, 11) is 1.21. The van der Waals surface area contributed by atoms with Crippen LogP contribution in [0, 0.1) is 24.5 Å². The van der Waals surface area contributed by atoms with Gasteiger partial charge in [-0.25, -0.2) is 13.6 Å². The quantitative estimate of drug-likeness (QED) is 0.425. The summed E-state index contributed by atoms with van der Waals surface area (Å²) >= 11 is 0. The van der Waals surface area contributed by atoms with Gasteiger partial charge in [0.1, 0.15) is 17.6 Å². The van der Waals surface area contributed by atoms with Crippen LogP contribution in [0.3, 0.4) is 0 Å². The number of halogens is 2. The van der Waals surface area contributed by atoms with E-state index in [1.807, 2.05) is 31.2 Å². The normalized spacial score (nSPS) is 17.8. The standard InChI is InChI=1S/C25H20F2N2O3/c1-15-3-5-16(6-4-15)23-21(24(30)17-7-9-18(26)10-8-17)22(25(31)32-2)28-29(23)20-13-11-19(27)12-14-20/h3-14,21,23H,1-2H3. The number of carbonyl (C=O) groups is 2. The minimum Gasteiger partial charge on any atom is -0.464 e. The van der Waals surface area contributed by atoms with E-state index in [9.17, 15) is 18.4 Å². The Kier molecular flexibility index (Phi) is 5.81. The van der Waals surface area contributed by atoms with Crippen LogP contribution in [0.2, 0.25) is 0 Å². The molecule has 2 atom stereocenters. The highest BCUT2D eigenvalue weighted by molar-refractivity contribution is 6.43. The number of benzene rings is 3. The smallest absolute Gasteiger partial charge is 0.355 e. The Morgan fingerprint density at radius 1 is 0.875 bits per heavy atom. The summed E-state index contributed by atoms with van der Waals surface area (Å²) in [5.41, 5.74) is 2.44. The van der Waals surface area contributed by atoms with Crippen molar-refractivity contribution in [3.05, 3.63) is 101 Å². The predicted octanol–water partition coefficient (Wildman–Crippen LogP) is 4.86. The molecule has 0 aromatic heterocycles. The molecule has 0 saturated carbocycles. The zero-order valence-electron chi connectivity index (χ0n) is 17.5. The van der Waals surface area contributed by atoms with Crippen LogP contribution in [0.1, 0.15) is 27.5 Å². The fourth-order valence-electron chi connectivity index (χ4n) is 3.77. The van der Waals surface area contributed by atoms with Gasteiger partial charge >= 0.3 is 5.97 Å². The summed E-state index contributed by atoms with van der Waals surface area (Å²) < 4.78 is 31.9. The molecule has 5 nitrogen and oxygen atoms in total. The number of hydrogen-bond donors (Lipinski definition) is 0. The van der Waals surface area contributed by atoms with Crippen molar-refractivity contribution in [2.24, 2.45) is 11.0 Å². The van der Waals surface area contributed by atoms with E-state index in [-0.39, 0.29) is 11.3 Å². The fourth-order valence-corrected chi connectivity index (χ4v) is 3.77. The average Bonchev–Trinajstić information content (AvgIpc) is 3.20. The van der Waals surface area contributed by atoms with Crippen molar-refractivity contribution < 1.29 is 23.1 Å². The van der Waals surface area contributed by atoms with Crippen LogP contribution >= 0.6 is 0 Å². The summed E-state index contributed by atoms with van der Waals surface area (Å²) in [6.07, 6.45) is 0. The van der Waals surface area contributed by atoms with Crippen molar-refractivity contribution >= 4 is 23.2 Å². The van der Waals surface area contributed by atoms with Crippen molar-refractivity contribution in [2.75, 3.05) is 12.1 Å². The molecule has 0 aliphatic carbocycles. The Morgan fingerprint density at radius 3 is 2.00 bits per heavy atom. The van der Waals surface area contributed by atoms with Gasteiger partial charge in [-0.05, 0) is 61.0 Å². The van der Waals surface area contributed by atoms with E-state index >= 15 is 0 Å². The number of nitrogens with zero attached hydrogens (tertiary/aromatic N) is 2. The maximum atomic E-state index is 13.6. The molecule has 1 heterocycles. The molecule has 7 heteroatoms. The van der Waals surface area contributed by atoms with E-state index in [4.69, 9.17) is 4.74 Å². The fraction of sp³-hybridized carbons (Fsp3) is 0.160. The second-order valence-corrected chi connectivity index (χ2v) is 7.50. The Bertz CT molecular complexity index is 1170. The third kappa shape index (κ3) is 4.01. The SMILES string of the molecule is COC(=O)C1=NN(c2ccc(F)cc2)C(c2ccc(C)cc2)C1C(=O)c1ccc(F)cc1. The molecular formula is C25H20F2N2O3. The lowest BCUT2D eigenvalue weighted by Crippen LogP contribution is -2.34. The molecule has 0 spiro atoms. The van der Waals surface area contributed by atoms with Gasteiger partial charge in [0.05, 0.1) is 18.8 Å². The molecule has 3 aromatic rings. The zero-order chi connectivity index (χ0) is 22.8. The van der Waals surface area contributed by atoms with E-state index in [0.29, 0.717) is 5.69 Å². The van der Waals surface area contributed by atoms with Crippen LogP contribution in [0.15, 0.2) is 77.9 Å². The Balaban J connectivity index is 1.87. The van der Waals surface area contributed by atoms with Gasteiger partial charge < -0.3 is 4.74 Å². The molecule has 32 heavy (non-hydrogen) atoms. The van der Waals surface area contributed by atoms with Gasteiger partial charge in [0.25, 0.3) is 0 Å². The molecule has 3 aromatic carbocycles. The van der Waals surface area contributed by atoms with Crippen molar-refractivity contribution in [3.63, 3.8) is 0 Å². The van der Waals surface area contributed by atoms with Gasteiger partial charge in [-0.2, -0.15) is 5.10 Å². The Labute approximate surface area is 183 Å². The third-order valence-corrected chi connectivity index (χ3v) is 5.41. The van der Waals surface area contributed by atoms with Gasteiger partial charge in [-0.1, -0.05) is 29.8 Å². The largest absolute Gasteiger partial charge is 0.464 e. The minimum atomic E-state index is -1.01. The van der Waals surface area contributed by atoms with E-state index in [0.717, 1.165) is 11.1 Å². The van der Waals surface area contributed by atoms with Crippen molar-refractivity contribution in [2.45, 2.75) is 13.0 Å². The molecule has 162 valence electrons. The van der Waals surface area contributed by atoms with E-state index < -0.39 is 35.3 Å². The van der Waals surface area contributed by atoms with Crippen LogP contribution < -0.4 is 5.01 Å². The molecule has 0 bridgehead atoms. The number of hydrogen-bond acceptors (Lipinski definition) is 5. The van der Waals surface area contributed by atoms with Gasteiger partial charge in [-0.15, -0.1) is 0 Å². The highest BCUT2D eigenvalue weighted by Gasteiger charge is 2.47. The topological polar surface area (TPSA) is 59.0 Å². The highest BCUT2D eigenvalue weighted by atomic mass is 19.1. The van der Waals surface area contributed by atoms with Crippen LogP contribution in [0.25, 0.3) is 0 Å². The first-order valence-corrected chi connectivity index (χ1v) is 9.97. The molecular weight excluding hydrogens is 414 g/mol. The number of ketones is 1. The first kappa shape index (κ1) is 21.4. The maximum absolute atomic E-state index is 13.6. The van der Waals surface area contributed by atoms with Gasteiger partial charge in [-0.3, -0.25) is 9.80 Å². The third-order valence-electron chi connectivity index (χ3n) is 5.41. The summed E-state index contributed by atoms with van der Waals surface area (Å²) in [6, 6.07) is 17.6. The van der Waals surface area contributed by atoms with Crippen molar-refractivity contribution in [1.29, 1.82) is 0 Å². The number of esters is 1. The number of carbonyl (C=O) groups excluding carboxylic acids is 2. The lowest BCUT2D eigenvalue weighted by molar-refractivity contribution is -0.132. The molecule has 0 radical (unpaired) electrons. The highest BCUT2D eigenvalue weighted by Crippen LogP contribution is 2.41. The molecule has 2 unspecified atom stereocenters. The lowest BCUT2D eigenvalue weighted by Gasteiger charge is -2.28. The number of methoxy groups -OCH3 is 1.